The average Bonchev–Trinajstić information content (AvgIpc) is 3.62. The summed E-state index contributed by atoms with van der Waals surface area (Å²) < 4.78 is 13.3. The minimum atomic E-state index is -1.01. The van der Waals surface area contributed by atoms with Crippen LogP contribution in [0.5, 0.6) is 5.75 Å². The van der Waals surface area contributed by atoms with Crippen LogP contribution in [0.15, 0.2) is 104 Å². The van der Waals surface area contributed by atoms with E-state index in [1.54, 1.807) is 61.1 Å². The zero-order valence-corrected chi connectivity index (χ0v) is 25.8. The topological polar surface area (TPSA) is 123 Å². The van der Waals surface area contributed by atoms with Crippen LogP contribution in [0.1, 0.15) is 45.8 Å². The summed E-state index contributed by atoms with van der Waals surface area (Å²) in [5, 5.41) is 12.2. The van der Waals surface area contributed by atoms with Gasteiger partial charge in [-0.15, -0.1) is 0 Å². The molecule has 0 bridgehead atoms. The Kier molecular flexibility index (Phi) is 7.82. The Bertz CT molecular complexity index is 2170. The number of hydrogen-bond acceptors (Lipinski definition) is 7. The third-order valence-corrected chi connectivity index (χ3v) is 8.63. The van der Waals surface area contributed by atoms with Gasteiger partial charge >= 0.3 is 5.97 Å². The lowest BCUT2D eigenvalue weighted by molar-refractivity contribution is -0.113. The summed E-state index contributed by atoms with van der Waals surface area (Å²) in [7, 11) is 1.58. The molecular formula is C35H29N3O6S. The van der Waals surface area contributed by atoms with Gasteiger partial charge in [0.15, 0.2) is 4.80 Å². The molecule has 6 rings (SSSR count). The van der Waals surface area contributed by atoms with Gasteiger partial charge in [0, 0.05) is 17.3 Å². The highest BCUT2D eigenvalue weighted by Gasteiger charge is 2.32. The van der Waals surface area contributed by atoms with Gasteiger partial charge in [0.1, 0.15) is 17.3 Å². The second-order valence-electron chi connectivity index (χ2n) is 10.7. The first-order chi connectivity index (χ1) is 21.6. The number of carbonyl (C=O) groups is 2. The third kappa shape index (κ3) is 5.75. The largest absolute Gasteiger partial charge is 0.497 e. The van der Waals surface area contributed by atoms with Crippen LogP contribution in [0.3, 0.4) is 0 Å². The molecule has 0 aliphatic carbocycles. The van der Waals surface area contributed by atoms with Crippen molar-refractivity contribution < 1.29 is 23.8 Å². The number of anilines is 1. The first-order valence-corrected chi connectivity index (χ1v) is 14.9. The Morgan fingerprint density at radius 1 is 1.00 bits per heavy atom. The summed E-state index contributed by atoms with van der Waals surface area (Å²) in [5.74, 6) is 0.277. The molecule has 0 saturated carbocycles. The molecule has 0 unspecified atom stereocenters. The highest BCUT2D eigenvalue weighted by molar-refractivity contribution is 7.07. The van der Waals surface area contributed by atoms with Crippen LogP contribution in [-0.4, -0.2) is 28.7 Å². The van der Waals surface area contributed by atoms with Crippen LogP contribution < -0.4 is 24.9 Å². The van der Waals surface area contributed by atoms with Gasteiger partial charge in [0.2, 0.25) is 0 Å². The summed E-state index contributed by atoms with van der Waals surface area (Å²) in [5.41, 5.74) is 4.87. The monoisotopic (exact) mass is 619 g/mol. The Labute approximate surface area is 262 Å². The number of fused-ring (bicyclic) bond motifs is 1. The van der Waals surface area contributed by atoms with Gasteiger partial charge in [-0.2, -0.15) is 0 Å². The fourth-order valence-corrected chi connectivity index (χ4v) is 6.38. The number of aromatic nitrogens is 1. The standard InChI is InChI=1S/C35H29N3O6S/c1-19-5-15-27(20(2)17-19)37-32(39)30-21(3)36-35-38(31(30)23-10-12-25(43-4)13-11-23)33(40)29(45-35)18-26-14-16-28(44-26)22-6-8-24(9-7-22)34(41)42/h5-18,31H,1-4H3,(H,37,39)(H,41,42)/b29-18+/t31-/m1/s1. The van der Waals surface area contributed by atoms with Gasteiger partial charge in [-0.05, 0) is 74.4 Å². The molecule has 10 heteroatoms. The van der Waals surface area contributed by atoms with Crippen molar-refractivity contribution in [3.8, 4) is 17.1 Å². The zero-order chi connectivity index (χ0) is 31.8. The van der Waals surface area contributed by atoms with Crippen molar-refractivity contribution in [1.82, 2.24) is 4.57 Å². The van der Waals surface area contributed by atoms with Crippen LogP contribution in [0.4, 0.5) is 5.69 Å². The van der Waals surface area contributed by atoms with E-state index < -0.39 is 12.0 Å². The molecule has 226 valence electrons. The quantitative estimate of drug-likeness (QED) is 0.250. The van der Waals surface area contributed by atoms with Gasteiger partial charge in [-0.3, -0.25) is 14.2 Å². The summed E-state index contributed by atoms with van der Waals surface area (Å²) >= 11 is 1.21. The number of carbonyl (C=O) groups excluding carboxylic acids is 1. The van der Waals surface area contributed by atoms with Crippen molar-refractivity contribution in [1.29, 1.82) is 0 Å². The average molecular weight is 620 g/mol. The first-order valence-electron chi connectivity index (χ1n) is 14.1. The number of furan rings is 1. The lowest BCUT2D eigenvalue weighted by Gasteiger charge is -2.25. The molecule has 2 N–H and O–H groups in total. The number of nitrogens with one attached hydrogen (secondary N) is 1. The fourth-order valence-electron chi connectivity index (χ4n) is 5.35. The molecule has 1 atom stereocenters. The molecule has 1 aliphatic heterocycles. The Balaban J connectivity index is 1.42. The number of hydrogen-bond donors (Lipinski definition) is 2. The molecule has 0 saturated heterocycles. The number of allylic oxidation sites excluding steroid dienone is 1. The van der Waals surface area contributed by atoms with Crippen molar-refractivity contribution in [2.75, 3.05) is 12.4 Å². The van der Waals surface area contributed by atoms with E-state index in [2.05, 4.69) is 5.32 Å². The molecule has 2 aromatic heterocycles. The number of aromatic carboxylic acids is 1. The molecule has 0 spiro atoms. The second kappa shape index (κ2) is 11.9. The minimum Gasteiger partial charge on any atom is -0.497 e. The van der Waals surface area contributed by atoms with Crippen LogP contribution in [0.25, 0.3) is 17.4 Å². The van der Waals surface area contributed by atoms with Crippen molar-refractivity contribution in [2.45, 2.75) is 26.8 Å². The Hall–Kier alpha value is -5.48. The van der Waals surface area contributed by atoms with E-state index >= 15 is 0 Å². The van der Waals surface area contributed by atoms with Gasteiger partial charge in [-0.1, -0.05) is 53.3 Å². The van der Waals surface area contributed by atoms with Crippen LogP contribution >= 0.6 is 11.3 Å². The zero-order valence-electron chi connectivity index (χ0n) is 25.0. The number of carboxylic acids is 1. The maximum Gasteiger partial charge on any atom is 0.335 e. The number of aryl methyl sites for hydroxylation is 2. The number of nitrogens with zero attached hydrogens (tertiary/aromatic N) is 2. The molecule has 5 aromatic rings. The number of methoxy groups -OCH3 is 1. The number of rotatable bonds is 7. The van der Waals surface area contributed by atoms with Crippen molar-refractivity contribution in [3.05, 3.63) is 138 Å². The van der Waals surface area contributed by atoms with E-state index in [9.17, 15) is 19.5 Å². The maximum atomic E-state index is 14.0. The van der Waals surface area contributed by atoms with Crippen LogP contribution in [0, 0.1) is 13.8 Å². The molecule has 3 aromatic carbocycles. The summed E-state index contributed by atoms with van der Waals surface area (Å²) in [4.78, 5) is 44.3. The summed E-state index contributed by atoms with van der Waals surface area (Å²) in [6.07, 6.45) is 1.65. The van der Waals surface area contributed by atoms with Gasteiger partial charge in [0.05, 0.1) is 34.5 Å². The van der Waals surface area contributed by atoms with E-state index in [-0.39, 0.29) is 17.0 Å². The molecule has 1 amide bonds. The predicted molar refractivity (Wildman–Crippen MR) is 172 cm³/mol. The Morgan fingerprint density at radius 2 is 1.73 bits per heavy atom. The van der Waals surface area contributed by atoms with Crippen LogP contribution in [-0.2, 0) is 4.79 Å². The number of ether oxygens (including phenoxy) is 1. The van der Waals surface area contributed by atoms with E-state index in [0.29, 0.717) is 49.1 Å². The predicted octanol–water partition coefficient (Wildman–Crippen LogP) is 5.46. The number of amides is 1. The number of thiazole rings is 1. The smallest absolute Gasteiger partial charge is 0.335 e. The highest BCUT2D eigenvalue weighted by Crippen LogP contribution is 2.32. The van der Waals surface area contributed by atoms with E-state index in [1.165, 1.54) is 23.5 Å². The molecular weight excluding hydrogens is 590 g/mol. The van der Waals surface area contributed by atoms with Crippen molar-refractivity contribution >= 4 is 35.0 Å². The molecule has 45 heavy (non-hydrogen) atoms. The third-order valence-electron chi connectivity index (χ3n) is 7.64. The lowest BCUT2D eigenvalue weighted by Crippen LogP contribution is -2.40. The van der Waals surface area contributed by atoms with E-state index in [4.69, 9.17) is 14.1 Å². The number of carboxylic acid groups (broad SMARTS) is 1. The van der Waals surface area contributed by atoms with E-state index in [1.807, 2.05) is 44.2 Å². The van der Waals surface area contributed by atoms with Gasteiger partial charge in [0.25, 0.3) is 11.5 Å². The maximum absolute atomic E-state index is 14.0. The first kappa shape index (κ1) is 29.6. The molecule has 0 fully saturated rings. The van der Waals surface area contributed by atoms with Gasteiger partial charge < -0.3 is 19.6 Å². The number of benzene rings is 3. The lowest BCUT2D eigenvalue weighted by atomic mass is 9.95. The molecule has 0 radical (unpaired) electrons. The summed E-state index contributed by atoms with van der Waals surface area (Å²) in [6.45, 7) is 5.70. The minimum absolute atomic E-state index is 0.176. The normalized spacial score (nSPS) is 14.6. The van der Waals surface area contributed by atoms with Crippen molar-refractivity contribution in [3.63, 3.8) is 0 Å². The van der Waals surface area contributed by atoms with E-state index in [0.717, 1.165) is 16.7 Å². The molecule has 9 nitrogen and oxygen atoms in total. The fraction of sp³-hybridized carbons (Fsp3) is 0.143. The highest BCUT2D eigenvalue weighted by atomic mass is 32.1. The molecule has 1 aliphatic rings. The molecule has 3 heterocycles. The SMILES string of the molecule is COc1ccc([C@@H]2C(C(=O)Nc3ccc(C)cc3C)=C(C)N=c3s/c(=C/c4ccc(-c5ccc(C(=O)O)cc5)o4)c(=O)n32)cc1. The Morgan fingerprint density at radius 3 is 2.40 bits per heavy atom. The van der Waals surface area contributed by atoms with Crippen LogP contribution in [0.2, 0.25) is 0 Å². The van der Waals surface area contributed by atoms with Crippen molar-refractivity contribution in [2.24, 2.45) is 4.99 Å². The second-order valence-corrected chi connectivity index (χ2v) is 11.7. The van der Waals surface area contributed by atoms with Gasteiger partial charge in [-0.25, -0.2) is 9.79 Å². The summed E-state index contributed by atoms with van der Waals surface area (Å²) in [6, 6.07) is 22.2.